The molecule has 1 aromatic heterocycles. The van der Waals surface area contributed by atoms with Crippen LogP contribution >= 0.6 is 0 Å². The van der Waals surface area contributed by atoms with E-state index < -0.39 is 28.7 Å². The molecule has 7 fully saturated rings. The summed E-state index contributed by atoms with van der Waals surface area (Å²) in [6.45, 7) is 6.36. The van der Waals surface area contributed by atoms with Gasteiger partial charge in [-0.1, -0.05) is 13.8 Å². The number of aliphatic hydroxyl groups is 2. The Kier molecular flexibility index (Phi) is 3.90. The summed E-state index contributed by atoms with van der Waals surface area (Å²) in [4.78, 5) is 11.5. The zero-order chi connectivity index (χ0) is 23.0. The van der Waals surface area contributed by atoms with Crippen LogP contribution in [0, 0.1) is 22.7 Å². The monoisotopic (exact) mass is 458 g/mol. The first kappa shape index (κ1) is 21.1. The fraction of sp³-hybridized carbons (Fsp3) is 0.808. The van der Waals surface area contributed by atoms with Crippen molar-refractivity contribution < 1.29 is 28.8 Å². The Labute approximate surface area is 193 Å². The third kappa shape index (κ3) is 2.32. The molecular weight excluding hydrogens is 424 g/mol. The van der Waals surface area contributed by atoms with Crippen LogP contribution in [-0.2, 0) is 14.2 Å². The van der Waals surface area contributed by atoms with Gasteiger partial charge in [0.05, 0.1) is 35.8 Å². The van der Waals surface area contributed by atoms with Crippen molar-refractivity contribution in [3.63, 3.8) is 0 Å². The lowest BCUT2D eigenvalue weighted by molar-refractivity contribution is -0.548. The lowest BCUT2D eigenvalue weighted by atomic mass is 9.40. The first-order valence-corrected chi connectivity index (χ1v) is 12.6. The highest BCUT2D eigenvalue weighted by molar-refractivity contribution is 5.31. The third-order valence-corrected chi connectivity index (χ3v) is 11.2. The van der Waals surface area contributed by atoms with E-state index in [1.807, 2.05) is 6.92 Å². The van der Waals surface area contributed by atoms with Gasteiger partial charge in [0, 0.05) is 49.0 Å². The van der Waals surface area contributed by atoms with E-state index in [1.165, 1.54) is 12.3 Å². The van der Waals surface area contributed by atoms with Crippen LogP contribution in [0.15, 0.2) is 27.6 Å². The maximum Gasteiger partial charge on any atom is 0.335 e. The molecule has 8 rings (SSSR count). The molecule has 1 aromatic rings. The molecule has 180 valence electrons. The summed E-state index contributed by atoms with van der Waals surface area (Å²) < 4.78 is 24.2. The van der Waals surface area contributed by atoms with Crippen molar-refractivity contribution in [1.29, 1.82) is 0 Å². The number of rotatable bonds is 1. The van der Waals surface area contributed by atoms with Gasteiger partial charge >= 0.3 is 5.63 Å². The zero-order valence-corrected chi connectivity index (χ0v) is 19.6. The SMILES string of the molecule is CC12O[C@H]3C[C@@H](O1)[C@]1(C)[C@H]4CC[C@]5(C)[C@@H](c6ccc(=O)oc6)[C@@H](O)C[C@]5(O)[C@@H]4CC[C@@]1(C3)O2. The Hall–Kier alpha value is -1.25. The van der Waals surface area contributed by atoms with Gasteiger partial charge in [0.25, 0.3) is 5.97 Å². The minimum absolute atomic E-state index is 0.0510. The summed E-state index contributed by atoms with van der Waals surface area (Å²) in [5.74, 6) is -0.919. The molecule has 1 unspecified atom stereocenters. The molecule has 4 heterocycles. The molecule has 4 bridgehead atoms. The predicted molar refractivity (Wildman–Crippen MR) is 116 cm³/mol. The number of hydrogen-bond donors (Lipinski definition) is 2. The molecule has 11 atom stereocenters. The maximum atomic E-state index is 12.4. The van der Waals surface area contributed by atoms with E-state index in [1.54, 1.807) is 6.07 Å². The van der Waals surface area contributed by atoms with Crippen LogP contribution in [-0.4, -0.2) is 45.7 Å². The van der Waals surface area contributed by atoms with Crippen molar-refractivity contribution in [2.24, 2.45) is 22.7 Å². The Bertz CT molecular complexity index is 1050. The average Bonchev–Trinajstić information content (AvgIpc) is 2.94. The number of ether oxygens (including phenoxy) is 3. The number of hydrogen-bond acceptors (Lipinski definition) is 7. The average molecular weight is 459 g/mol. The molecule has 7 heteroatoms. The van der Waals surface area contributed by atoms with E-state index in [9.17, 15) is 15.0 Å². The van der Waals surface area contributed by atoms with E-state index in [0.717, 1.165) is 44.1 Å². The smallest absolute Gasteiger partial charge is 0.335 e. The quantitative estimate of drug-likeness (QED) is 0.667. The van der Waals surface area contributed by atoms with Crippen LogP contribution in [0.4, 0.5) is 0 Å². The summed E-state index contributed by atoms with van der Waals surface area (Å²) in [7, 11) is 0. The first-order chi connectivity index (χ1) is 15.5. The van der Waals surface area contributed by atoms with Crippen molar-refractivity contribution in [2.45, 2.75) is 107 Å². The van der Waals surface area contributed by atoms with Crippen molar-refractivity contribution in [2.75, 3.05) is 0 Å². The van der Waals surface area contributed by atoms with Crippen molar-refractivity contribution in [3.8, 4) is 0 Å². The molecule has 2 N–H and O–H groups in total. The molecule has 3 saturated heterocycles. The van der Waals surface area contributed by atoms with Gasteiger partial charge in [0.15, 0.2) is 0 Å². The van der Waals surface area contributed by atoms with Gasteiger partial charge in [-0.3, -0.25) is 0 Å². The van der Waals surface area contributed by atoms with Gasteiger partial charge in [-0.2, -0.15) is 0 Å². The van der Waals surface area contributed by atoms with Crippen LogP contribution in [0.3, 0.4) is 0 Å². The Balaban J connectivity index is 1.29. The molecule has 7 nitrogen and oxygen atoms in total. The lowest BCUT2D eigenvalue weighted by Crippen LogP contribution is -2.79. The van der Waals surface area contributed by atoms with Crippen LogP contribution in [0.5, 0.6) is 0 Å². The molecule has 4 aliphatic carbocycles. The van der Waals surface area contributed by atoms with E-state index >= 15 is 0 Å². The molecule has 3 aliphatic heterocycles. The highest BCUT2D eigenvalue weighted by Gasteiger charge is 2.78. The van der Waals surface area contributed by atoms with E-state index in [2.05, 4.69) is 13.8 Å². The molecule has 0 radical (unpaired) electrons. The highest BCUT2D eigenvalue weighted by Crippen LogP contribution is 2.74. The second kappa shape index (κ2) is 6.11. The van der Waals surface area contributed by atoms with Crippen molar-refractivity contribution in [1.82, 2.24) is 0 Å². The maximum absolute atomic E-state index is 12.4. The standard InChI is InChI=1S/C26H34O7/c1-22-8-6-16-17(26(22,29)12-18(27)21(22)14-4-5-20(28)30-13-14)7-9-25-11-15-10-19(23(16,25)2)32-24(3,31-15)33-25/h4-5,13,15-19,21,27,29H,6-12H2,1-3H3/t15-,16-,17+,18-,19+,21-,22+,23-,24?,25-,26-/m0/s1. The predicted octanol–water partition coefficient (Wildman–Crippen LogP) is 3.07. The third-order valence-electron chi connectivity index (χ3n) is 11.2. The van der Waals surface area contributed by atoms with Crippen LogP contribution in [0.1, 0.15) is 77.2 Å². The number of fused-ring (bicyclic) bond motifs is 3. The summed E-state index contributed by atoms with van der Waals surface area (Å²) >= 11 is 0. The molecular formula is C26H34O7. The van der Waals surface area contributed by atoms with Gasteiger partial charge < -0.3 is 28.8 Å². The van der Waals surface area contributed by atoms with E-state index in [0.29, 0.717) is 6.42 Å². The fourth-order valence-corrected chi connectivity index (χ4v) is 9.83. The van der Waals surface area contributed by atoms with Gasteiger partial charge in [-0.15, -0.1) is 0 Å². The molecule has 0 aromatic carbocycles. The fourth-order valence-electron chi connectivity index (χ4n) is 9.83. The second-order valence-electron chi connectivity index (χ2n) is 12.3. The second-order valence-corrected chi connectivity index (χ2v) is 12.3. The largest absolute Gasteiger partial charge is 0.431 e. The van der Waals surface area contributed by atoms with Gasteiger partial charge in [-0.25, -0.2) is 4.79 Å². The highest BCUT2D eigenvalue weighted by atomic mass is 16.9. The molecule has 0 amide bonds. The number of aliphatic hydroxyl groups excluding tert-OH is 1. The first-order valence-electron chi connectivity index (χ1n) is 12.6. The van der Waals surface area contributed by atoms with E-state index in [-0.39, 0.29) is 41.0 Å². The summed E-state index contributed by atoms with van der Waals surface area (Å²) in [6, 6.07) is 3.16. The summed E-state index contributed by atoms with van der Waals surface area (Å²) in [6.07, 6.45) is 6.61. The summed E-state index contributed by atoms with van der Waals surface area (Å²) in [5.41, 5.74) is -1.59. The summed E-state index contributed by atoms with van der Waals surface area (Å²) in [5, 5.41) is 23.7. The Morgan fingerprint density at radius 3 is 2.55 bits per heavy atom. The lowest BCUT2D eigenvalue weighted by Gasteiger charge is -2.74. The van der Waals surface area contributed by atoms with Crippen molar-refractivity contribution in [3.05, 3.63) is 34.4 Å². The zero-order valence-electron chi connectivity index (χ0n) is 19.6. The Morgan fingerprint density at radius 2 is 1.82 bits per heavy atom. The topological polar surface area (TPSA) is 98.4 Å². The molecule has 4 saturated carbocycles. The van der Waals surface area contributed by atoms with Crippen LogP contribution in [0.25, 0.3) is 0 Å². The Morgan fingerprint density at radius 1 is 1.03 bits per heavy atom. The minimum atomic E-state index is -1.00. The normalized spacial score (nSPS) is 58.6. The van der Waals surface area contributed by atoms with Gasteiger partial charge in [0.1, 0.15) is 0 Å². The van der Waals surface area contributed by atoms with Crippen LogP contribution < -0.4 is 5.63 Å². The minimum Gasteiger partial charge on any atom is -0.431 e. The van der Waals surface area contributed by atoms with Crippen LogP contribution in [0.2, 0.25) is 0 Å². The van der Waals surface area contributed by atoms with E-state index in [4.69, 9.17) is 18.6 Å². The van der Waals surface area contributed by atoms with Crippen molar-refractivity contribution >= 4 is 0 Å². The van der Waals surface area contributed by atoms with Gasteiger partial charge in [0.2, 0.25) is 0 Å². The molecule has 7 aliphatic rings. The molecule has 33 heavy (non-hydrogen) atoms. The molecule has 1 spiro atoms. The van der Waals surface area contributed by atoms with Gasteiger partial charge in [-0.05, 0) is 49.1 Å².